The lowest BCUT2D eigenvalue weighted by Gasteiger charge is -2.07. The summed E-state index contributed by atoms with van der Waals surface area (Å²) >= 11 is 0. The second-order valence-electron chi connectivity index (χ2n) is 6.31. The van der Waals surface area contributed by atoms with Gasteiger partial charge in [0.05, 0.1) is 6.04 Å². The highest BCUT2D eigenvalue weighted by molar-refractivity contribution is 5.33. The topological polar surface area (TPSA) is 29.4 Å². The van der Waals surface area contributed by atoms with Gasteiger partial charge in [-0.25, -0.2) is 9.79 Å². The largest absolute Gasteiger partial charge is 0.235 e. The number of hydrogen-bond acceptors (Lipinski definition) is 2. The van der Waals surface area contributed by atoms with Crippen molar-refractivity contribution in [2.24, 2.45) is 4.99 Å². The molecule has 21 heavy (non-hydrogen) atoms. The average Bonchev–Trinajstić information content (AvgIpc) is 2.50. The van der Waals surface area contributed by atoms with Crippen LogP contribution in [0.1, 0.15) is 110 Å². The molecule has 0 saturated carbocycles. The van der Waals surface area contributed by atoms with Crippen molar-refractivity contribution < 1.29 is 4.79 Å². The molecule has 1 atom stereocenters. The number of isocyanates is 1. The van der Waals surface area contributed by atoms with Crippen molar-refractivity contribution in [2.75, 3.05) is 0 Å². The monoisotopic (exact) mass is 295 g/mol. The molecule has 1 unspecified atom stereocenters. The molecule has 0 rings (SSSR count). The van der Waals surface area contributed by atoms with E-state index in [0.717, 1.165) is 12.8 Å². The number of rotatable bonds is 16. The van der Waals surface area contributed by atoms with E-state index in [9.17, 15) is 4.79 Å². The first-order valence-corrected chi connectivity index (χ1v) is 9.42. The van der Waals surface area contributed by atoms with Gasteiger partial charge in [-0.2, -0.15) is 0 Å². The predicted octanol–water partition coefficient (Wildman–Crippen LogP) is 6.58. The molecule has 0 heterocycles. The van der Waals surface area contributed by atoms with Gasteiger partial charge in [0.1, 0.15) is 0 Å². The van der Waals surface area contributed by atoms with Crippen LogP contribution < -0.4 is 0 Å². The van der Waals surface area contributed by atoms with E-state index in [-0.39, 0.29) is 6.04 Å². The van der Waals surface area contributed by atoms with Crippen LogP contribution in [0.3, 0.4) is 0 Å². The standard InChI is InChI=1S/C19H37NO/c1-3-5-6-7-8-9-10-11-12-13-14-15-16-17-19(4-2)20-18-21/h19H,3-17H2,1-2H3. The van der Waals surface area contributed by atoms with Gasteiger partial charge in [0, 0.05) is 0 Å². The minimum Gasteiger partial charge on any atom is -0.211 e. The molecule has 0 amide bonds. The molecule has 0 aliphatic heterocycles. The number of hydrogen-bond donors (Lipinski definition) is 0. The van der Waals surface area contributed by atoms with Crippen molar-refractivity contribution in [3.63, 3.8) is 0 Å². The van der Waals surface area contributed by atoms with E-state index >= 15 is 0 Å². The van der Waals surface area contributed by atoms with Crippen LogP contribution in [0.25, 0.3) is 0 Å². The fourth-order valence-electron chi connectivity index (χ4n) is 2.83. The third-order valence-electron chi connectivity index (χ3n) is 4.35. The Hall–Kier alpha value is -0.620. The molecule has 0 bridgehead atoms. The SMILES string of the molecule is CCCCCCCCCCCCCCCC(CC)N=C=O. The van der Waals surface area contributed by atoms with E-state index in [1.54, 1.807) is 6.08 Å². The van der Waals surface area contributed by atoms with Crippen molar-refractivity contribution in [1.29, 1.82) is 0 Å². The van der Waals surface area contributed by atoms with Gasteiger partial charge in [-0.1, -0.05) is 97.3 Å². The minimum atomic E-state index is 0.218. The van der Waals surface area contributed by atoms with Gasteiger partial charge in [0.2, 0.25) is 6.08 Å². The van der Waals surface area contributed by atoms with Crippen LogP contribution in [0.4, 0.5) is 0 Å². The third-order valence-corrected chi connectivity index (χ3v) is 4.35. The Labute approximate surface area is 132 Å². The Morgan fingerprint density at radius 2 is 1.14 bits per heavy atom. The summed E-state index contributed by atoms with van der Waals surface area (Å²) in [5.74, 6) is 0. The van der Waals surface area contributed by atoms with Crippen molar-refractivity contribution in [3.8, 4) is 0 Å². The van der Waals surface area contributed by atoms with E-state index in [1.165, 1.54) is 83.5 Å². The fraction of sp³-hybridized carbons (Fsp3) is 0.947. The third kappa shape index (κ3) is 15.6. The van der Waals surface area contributed by atoms with Crippen LogP contribution in [0.15, 0.2) is 4.99 Å². The highest BCUT2D eigenvalue weighted by atomic mass is 16.1. The van der Waals surface area contributed by atoms with Crippen molar-refractivity contribution in [1.82, 2.24) is 0 Å². The van der Waals surface area contributed by atoms with Gasteiger partial charge >= 0.3 is 0 Å². The smallest absolute Gasteiger partial charge is 0.211 e. The number of unbranched alkanes of at least 4 members (excludes halogenated alkanes) is 12. The highest BCUT2D eigenvalue weighted by Crippen LogP contribution is 2.14. The molecular formula is C19H37NO. The summed E-state index contributed by atoms with van der Waals surface area (Å²) in [6.07, 6.45) is 21.7. The van der Waals surface area contributed by atoms with E-state index < -0.39 is 0 Å². The number of carbonyl (C=O) groups excluding carboxylic acids is 1. The molecule has 2 heteroatoms. The minimum absolute atomic E-state index is 0.218. The molecule has 2 nitrogen and oxygen atoms in total. The van der Waals surface area contributed by atoms with Crippen LogP contribution in [0, 0.1) is 0 Å². The molecule has 0 spiro atoms. The summed E-state index contributed by atoms with van der Waals surface area (Å²) < 4.78 is 0. The molecule has 124 valence electrons. The van der Waals surface area contributed by atoms with Crippen molar-refractivity contribution >= 4 is 6.08 Å². The molecular weight excluding hydrogens is 258 g/mol. The van der Waals surface area contributed by atoms with Gasteiger partial charge < -0.3 is 0 Å². The normalized spacial score (nSPS) is 12.1. The van der Waals surface area contributed by atoms with Gasteiger partial charge in [0.25, 0.3) is 0 Å². The first kappa shape index (κ1) is 20.4. The van der Waals surface area contributed by atoms with Gasteiger partial charge in [-0.05, 0) is 12.8 Å². The molecule has 0 aliphatic carbocycles. The van der Waals surface area contributed by atoms with E-state index in [4.69, 9.17) is 0 Å². The fourth-order valence-corrected chi connectivity index (χ4v) is 2.83. The zero-order valence-electron chi connectivity index (χ0n) is 14.5. The second-order valence-corrected chi connectivity index (χ2v) is 6.31. The quantitative estimate of drug-likeness (QED) is 0.179. The average molecular weight is 296 g/mol. The molecule has 0 fully saturated rings. The van der Waals surface area contributed by atoms with E-state index in [1.807, 2.05) is 0 Å². The lowest BCUT2D eigenvalue weighted by molar-refractivity contribution is 0.506. The molecule has 0 aliphatic rings. The van der Waals surface area contributed by atoms with Gasteiger partial charge in [-0.15, -0.1) is 0 Å². The Kier molecular flexibility index (Phi) is 16.9. The van der Waals surface area contributed by atoms with Crippen molar-refractivity contribution in [3.05, 3.63) is 0 Å². The van der Waals surface area contributed by atoms with Gasteiger partial charge in [-0.3, -0.25) is 0 Å². The van der Waals surface area contributed by atoms with Crippen LogP contribution in [-0.2, 0) is 4.79 Å². The Morgan fingerprint density at radius 3 is 1.52 bits per heavy atom. The summed E-state index contributed by atoms with van der Waals surface area (Å²) in [5.41, 5.74) is 0. The first-order valence-electron chi connectivity index (χ1n) is 9.42. The lowest BCUT2D eigenvalue weighted by Crippen LogP contribution is -2.01. The maximum Gasteiger partial charge on any atom is 0.235 e. The maximum atomic E-state index is 10.2. The van der Waals surface area contributed by atoms with Crippen molar-refractivity contribution in [2.45, 2.75) is 116 Å². The van der Waals surface area contributed by atoms with Crippen LogP contribution >= 0.6 is 0 Å². The maximum absolute atomic E-state index is 10.2. The number of aliphatic imine (C=N–C) groups is 1. The summed E-state index contributed by atoms with van der Waals surface area (Å²) in [6, 6.07) is 0.218. The zero-order valence-corrected chi connectivity index (χ0v) is 14.5. The Bertz CT molecular complexity index is 246. The molecule has 0 aromatic rings. The summed E-state index contributed by atoms with van der Waals surface area (Å²) in [4.78, 5) is 14.0. The van der Waals surface area contributed by atoms with E-state index in [2.05, 4.69) is 18.8 Å². The van der Waals surface area contributed by atoms with Crippen LogP contribution in [0.5, 0.6) is 0 Å². The Morgan fingerprint density at radius 1 is 0.714 bits per heavy atom. The van der Waals surface area contributed by atoms with E-state index in [0.29, 0.717) is 0 Å². The highest BCUT2D eigenvalue weighted by Gasteiger charge is 2.02. The zero-order chi connectivity index (χ0) is 15.6. The molecule has 0 saturated heterocycles. The molecule has 0 aromatic heterocycles. The summed E-state index contributed by atoms with van der Waals surface area (Å²) in [7, 11) is 0. The van der Waals surface area contributed by atoms with Crippen LogP contribution in [-0.4, -0.2) is 12.1 Å². The molecule has 0 radical (unpaired) electrons. The van der Waals surface area contributed by atoms with Gasteiger partial charge in [0.15, 0.2) is 0 Å². The second kappa shape index (κ2) is 17.4. The Balaban J connectivity index is 3.13. The lowest BCUT2D eigenvalue weighted by atomic mass is 10.0. The molecule has 0 aromatic carbocycles. The van der Waals surface area contributed by atoms with Crippen LogP contribution in [0.2, 0.25) is 0 Å². The number of nitrogens with zero attached hydrogens (tertiary/aromatic N) is 1. The predicted molar refractivity (Wildman–Crippen MR) is 92.5 cm³/mol. The first-order chi connectivity index (χ1) is 10.3. The summed E-state index contributed by atoms with van der Waals surface area (Å²) in [6.45, 7) is 4.37. The summed E-state index contributed by atoms with van der Waals surface area (Å²) in [5, 5.41) is 0. The molecule has 0 N–H and O–H groups in total.